The predicted molar refractivity (Wildman–Crippen MR) is 272 cm³/mol. The van der Waals surface area contributed by atoms with Gasteiger partial charge >= 0.3 is 7.82 Å². The molecule has 0 aliphatic heterocycles. The molecule has 0 aromatic rings. The summed E-state index contributed by atoms with van der Waals surface area (Å²) in [5.74, 6) is -0.198. The number of quaternary nitrogens is 1. The van der Waals surface area contributed by atoms with E-state index in [2.05, 4.69) is 104 Å². The molecule has 0 radical (unpaired) electrons. The summed E-state index contributed by atoms with van der Waals surface area (Å²) in [6, 6.07) is -0.874. The number of phosphoric acid groups is 1. The molecule has 0 bridgehead atoms. The molecule has 1 amide bonds. The molecular formula is C54H96N2O6P+. The molecule has 0 aromatic heterocycles. The summed E-state index contributed by atoms with van der Waals surface area (Å²) in [5.41, 5.74) is 0. The van der Waals surface area contributed by atoms with E-state index in [1.165, 1.54) is 83.5 Å². The van der Waals surface area contributed by atoms with Gasteiger partial charge in [0.1, 0.15) is 13.2 Å². The van der Waals surface area contributed by atoms with Gasteiger partial charge < -0.3 is 19.8 Å². The van der Waals surface area contributed by atoms with Gasteiger partial charge in [0, 0.05) is 6.42 Å². The van der Waals surface area contributed by atoms with Crippen LogP contribution in [0.5, 0.6) is 0 Å². The molecule has 3 N–H and O–H groups in total. The minimum atomic E-state index is -4.36. The fourth-order valence-corrected chi connectivity index (χ4v) is 7.29. The topological polar surface area (TPSA) is 105 Å². The maximum absolute atomic E-state index is 12.9. The van der Waals surface area contributed by atoms with E-state index in [1.54, 1.807) is 6.08 Å². The second-order valence-electron chi connectivity index (χ2n) is 17.8. The number of hydrogen-bond acceptors (Lipinski definition) is 5. The number of phosphoric ester groups is 1. The van der Waals surface area contributed by atoms with Crippen LogP contribution in [0.3, 0.4) is 0 Å². The highest BCUT2D eigenvalue weighted by Gasteiger charge is 2.27. The average Bonchev–Trinajstić information content (AvgIpc) is 3.24. The molecule has 3 atom stereocenters. The molecule has 0 aromatic carbocycles. The molecule has 0 spiro atoms. The lowest BCUT2D eigenvalue weighted by atomic mass is 10.0. The average molecular weight is 900 g/mol. The summed E-state index contributed by atoms with van der Waals surface area (Å²) in [6.07, 6.45) is 63.6. The van der Waals surface area contributed by atoms with Crippen LogP contribution in [0.25, 0.3) is 0 Å². The van der Waals surface area contributed by atoms with Crippen molar-refractivity contribution >= 4 is 13.7 Å². The summed E-state index contributed by atoms with van der Waals surface area (Å²) in [5, 5.41) is 13.8. The van der Waals surface area contributed by atoms with E-state index in [-0.39, 0.29) is 19.1 Å². The number of aliphatic hydroxyl groups is 1. The smallest absolute Gasteiger partial charge is 0.387 e. The summed E-state index contributed by atoms with van der Waals surface area (Å²) >= 11 is 0. The van der Waals surface area contributed by atoms with Crippen molar-refractivity contribution in [2.45, 2.75) is 199 Å². The van der Waals surface area contributed by atoms with E-state index in [4.69, 9.17) is 9.05 Å². The first-order valence-corrected chi connectivity index (χ1v) is 26.6. The Morgan fingerprint density at radius 2 is 0.968 bits per heavy atom. The number of allylic oxidation sites excluding steroid dienone is 15. The highest BCUT2D eigenvalue weighted by Crippen LogP contribution is 2.43. The van der Waals surface area contributed by atoms with Crippen molar-refractivity contribution in [3.8, 4) is 0 Å². The van der Waals surface area contributed by atoms with Gasteiger partial charge in [0.2, 0.25) is 5.91 Å². The minimum Gasteiger partial charge on any atom is -0.387 e. The largest absolute Gasteiger partial charge is 0.472 e. The minimum absolute atomic E-state index is 0.0489. The Labute approximate surface area is 388 Å². The molecule has 0 rings (SSSR count). The third-order valence-electron chi connectivity index (χ3n) is 10.5. The van der Waals surface area contributed by atoms with E-state index in [0.29, 0.717) is 17.4 Å². The molecule has 0 heterocycles. The van der Waals surface area contributed by atoms with E-state index < -0.39 is 20.0 Å². The first-order chi connectivity index (χ1) is 30.5. The maximum Gasteiger partial charge on any atom is 0.472 e. The van der Waals surface area contributed by atoms with Crippen molar-refractivity contribution in [1.29, 1.82) is 0 Å². The van der Waals surface area contributed by atoms with E-state index in [1.807, 2.05) is 27.2 Å². The van der Waals surface area contributed by atoms with Crippen LogP contribution in [-0.2, 0) is 18.4 Å². The number of hydrogen-bond donors (Lipinski definition) is 3. The predicted octanol–water partition coefficient (Wildman–Crippen LogP) is 14.7. The summed E-state index contributed by atoms with van der Waals surface area (Å²) in [6.45, 7) is 4.60. The van der Waals surface area contributed by atoms with Crippen molar-refractivity contribution in [3.63, 3.8) is 0 Å². The van der Waals surface area contributed by atoms with Crippen LogP contribution in [0, 0.1) is 0 Å². The third kappa shape index (κ3) is 47.2. The Hall–Kier alpha value is -2.58. The maximum atomic E-state index is 12.9. The highest BCUT2D eigenvalue weighted by atomic mass is 31.2. The Morgan fingerprint density at radius 3 is 1.46 bits per heavy atom. The van der Waals surface area contributed by atoms with E-state index in [0.717, 1.165) is 83.5 Å². The molecule has 63 heavy (non-hydrogen) atoms. The lowest BCUT2D eigenvalue weighted by Crippen LogP contribution is -2.45. The van der Waals surface area contributed by atoms with Crippen LogP contribution in [-0.4, -0.2) is 73.4 Å². The first kappa shape index (κ1) is 60.4. The number of nitrogens with zero attached hydrogens (tertiary/aromatic N) is 1. The molecule has 0 aliphatic rings. The van der Waals surface area contributed by atoms with Crippen LogP contribution in [0.1, 0.15) is 187 Å². The molecule has 362 valence electrons. The second-order valence-corrected chi connectivity index (χ2v) is 19.2. The van der Waals surface area contributed by atoms with Gasteiger partial charge in [-0.1, -0.05) is 195 Å². The summed E-state index contributed by atoms with van der Waals surface area (Å²) < 4.78 is 23.6. The zero-order valence-electron chi connectivity index (χ0n) is 41.0. The normalized spacial score (nSPS) is 15.0. The lowest BCUT2D eigenvalue weighted by Gasteiger charge is -2.25. The number of nitrogens with one attached hydrogen (secondary N) is 1. The summed E-state index contributed by atoms with van der Waals surface area (Å²) in [7, 11) is 1.53. The third-order valence-corrected chi connectivity index (χ3v) is 11.5. The first-order valence-electron chi connectivity index (χ1n) is 25.1. The van der Waals surface area contributed by atoms with Crippen LogP contribution in [0.15, 0.2) is 97.2 Å². The van der Waals surface area contributed by atoms with E-state index >= 15 is 0 Å². The van der Waals surface area contributed by atoms with Crippen molar-refractivity contribution < 1.29 is 32.9 Å². The molecule has 0 aliphatic carbocycles. The SMILES string of the molecule is CC/C=C\C/C=C\C/C=C\C/C=C\C/C=C\CCCCCCCCCCCCCCCC(=O)NC(COP(=O)(O)OCC[N+](C)(C)C)C(O)/C=C/CC/C=C/CC/C=C/CCCC. The Bertz CT molecular complexity index is 1340. The molecule has 3 unspecified atom stereocenters. The van der Waals surface area contributed by atoms with Crippen molar-refractivity contribution in [2.24, 2.45) is 0 Å². The van der Waals surface area contributed by atoms with Crippen molar-refractivity contribution in [2.75, 3.05) is 40.9 Å². The van der Waals surface area contributed by atoms with Gasteiger partial charge in [-0.25, -0.2) is 4.57 Å². The quantitative estimate of drug-likeness (QED) is 0.0243. The van der Waals surface area contributed by atoms with Crippen LogP contribution in [0.4, 0.5) is 0 Å². The molecule has 0 saturated heterocycles. The Balaban J connectivity index is 4.20. The van der Waals surface area contributed by atoms with Gasteiger partial charge in [0.25, 0.3) is 0 Å². The fourth-order valence-electron chi connectivity index (χ4n) is 6.56. The van der Waals surface area contributed by atoms with Gasteiger partial charge in [-0.2, -0.15) is 0 Å². The second kappa shape index (κ2) is 44.6. The van der Waals surface area contributed by atoms with Gasteiger partial charge in [-0.3, -0.25) is 13.8 Å². The van der Waals surface area contributed by atoms with Gasteiger partial charge in [-0.15, -0.1) is 0 Å². The number of rotatable bonds is 44. The fraction of sp³-hybridized carbons (Fsp3) is 0.685. The Morgan fingerprint density at radius 1 is 0.556 bits per heavy atom. The lowest BCUT2D eigenvalue weighted by molar-refractivity contribution is -0.870. The van der Waals surface area contributed by atoms with Crippen LogP contribution in [0.2, 0.25) is 0 Å². The van der Waals surface area contributed by atoms with Crippen LogP contribution >= 0.6 is 7.82 Å². The number of likely N-dealkylation sites (N-methyl/N-ethyl adjacent to an activating group) is 1. The van der Waals surface area contributed by atoms with E-state index in [9.17, 15) is 19.4 Å². The number of unbranched alkanes of at least 4 members (excludes halogenated alkanes) is 17. The van der Waals surface area contributed by atoms with Crippen molar-refractivity contribution in [1.82, 2.24) is 5.32 Å². The number of aliphatic hydroxyl groups excluding tert-OH is 1. The molecule has 0 fully saturated rings. The highest BCUT2D eigenvalue weighted by molar-refractivity contribution is 7.47. The zero-order valence-corrected chi connectivity index (χ0v) is 41.9. The number of carbonyl (C=O) groups is 1. The number of amides is 1. The van der Waals surface area contributed by atoms with Gasteiger partial charge in [0.15, 0.2) is 0 Å². The van der Waals surface area contributed by atoms with Crippen LogP contribution < -0.4 is 5.32 Å². The zero-order chi connectivity index (χ0) is 46.4. The Kier molecular flexibility index (Phi) is 42.8. The monoisotopic (exact) mass is 900 g/mol. The number of carbonyl (C=O) groups excluding carboxylic acids is 1. The molecule has 8 nitrogen and oxygen atoms in total. The summed E-state index contributed by atoms with van der Waals surface area (Å²) in [4.78, 5) is 23.2. The van der Waals surface area contributed by atoms with Gasteiger partial charge in [0.05, 0.1) is 39.9 Å². The van der Waals surface area contributed by atoms with Gasteiger partial charge in [-0.05, 0) is 83.5 Å². The molecular weight excluding hydrogens is 804 g/mol. The molecule has 0 saturated carbocycles. The standard InChI is InChI=1S/C54H95N2O6P/c1-6-8-10-12-14-16-18-20-21-22-23-24-25-26-27-28-29-30-31-32-33-34-35-36-38-40-42-44-46-48-54(58)55-52(51-62-63(59,60)61-50-49-56(3,4)5)53(57)47-45-43-41-39-37-19-17-15-13-11-9-7-2/h8,10,13-16,20-21,23-24,26-27,37,39,45,47,52-53,57H,6-7,9,11-12,17-19,22,25,28-36,38,40-44,46,48-51H2,1-5H3,(H-,55,58,59,60)/p+1/b10-8-,15-13+,16-14-,21-20-,24-23-,27-26-,39-37+,47-45+. The van der Waals surface area contributed by atoms with Crippen molar-refractivity contribution in [3.05, 3.63) is 97.2 Å². The molecule has 9 heteroatoms.